The van der Waals surface area contributed by atoms with Gasteiger partial charge in [-0.25, -0.2) is 0 Å². The Bertz CT molecular complexity index is 102. The zero-order valence-corrected chi connectivity index (χ0v) is 5.43. The molecule has 7 heavy (non-hydrogen) atoms. The smallest absolute Gasteiger partial charge is 0.317 e. The van der Waals surface area contributed by atoms with E-state index in [4.69, 9.17) is 0 Å². The Hall–Kier alpha value is -0.330. The van der Waals surface area contributed by atoms with Gasteiger partial charge in [0.15, 0.2) is 0 Å². The van der Waals surface area contributed by atoms with E-state index in [9.17, 15) is 9.59 Å². The Labute approximate surface area is 53.9 Å². The van der Waals surface area contributed by atoms with Crippen LogP contribution in [-0.2, 0) is 9.59 Å². The quantitative estimate of drug-likeness (QED) is 0.306. The van der Waals surface area contributed by atoms with Gasteiger partial charge in [-0.3, -0.25) is 13.1 Å². The molecule has 0 saturated heterocycles. The Morgan fingerprint density at radius 2 is 2.00 bits per heavy atom. The van der Waals surface area contributed by atoms with Gasteiger partial charge >= 0.3 is 11.8 Å². The lowest BCUT2D eigenvalue weighted by molar-refractivity contribution is -0.135. The van der Waals surface area contributed by atoms with E-state index in [-0.39, 0.29) is 0 Å². The van der Waals surface area contributed by atoms with Crippen molar-refractivity contribution in [1.29, 1.82) is 0 Å². The minimum absolute atomic E-state index is 0.777. The van der Waals surface area contributed by atoms with Crippen LogP contribution in [0.3, 0.4) is 0 Å². The van der Waals surface area contributed by atoms with Crippen LogP contribution < -0.4 is 9.26 Å². The molecule has 2 amide bonds. The van der Waals surface area contributed by atoms with Gasteiger partial charge in [0, 0.05) is 0 Å². The highest BCUT2D eigenvalue weighted by Gasteiger charge is 2.02. The molecule has 0 saturated carbocycles. The third kappa shape index (κ3) is 2.38. The summed E-state index contributed by atoms with van der Waals surface area (Å²) in [5.41, 5.74) is 4.49. The second kappa shape index (κ2) is 2.78. The molecule has 0 atom stereocenters. The van der Waals surface area contributed by atoms with Gasteiger partial charge in [0.2, 0.25) is 0 Å². The first-order valence-corrected chi connectivity index (χ1v) is 2.46. The summed E-state index contributed by atoms with van der Waals surface area (Å²) in [6.45, 7) is 0. The lowest BCUT2D eigenvalue weighted by atomic mass is 10.6. The number of primary amides is 1. The molecule has 3 N–H and O–H groups in total. The van der Waals surface area contributed by atoms with Crippen LogP contribution in [0.25, 0.3) is 0 Å². The van der Waals surface area contributed by atoms with Crippen molar-refractivity contribution in [1.82, 2.24) is 3.53 Å². The largest absolute Gasteiger partial charge is 0.361 e. The number of hydrogen-bond donors (Lipinski definition) is 2. The van der Waals surface area contributed by atoms with Crippen molar-refractivity contribution in [3.8, 4) is 0 Å². The third-order valence-corrected chi connectivity index (χ3v) is 0.799. The van der Waals surface area contributed by atoms with E-state index in [0.717, 1.165) is 0 Å². The SMILES string of the molecule is NC(=O)C(=O)NI. The molecule has 0 fully saturated rings. The van der Waals surface area contributed by atoms with Crippen molar-refractivity contribution in [2.45, 2.75) is 0 Å². The number of amides is 2. The molecule has 0 heterocycles. The number of nitrogens with one attached hydrogen (secondary N) is 1. The topological polar surface area (TPSA) is 72.2 Å². The summed E-state index contributed by atoms with van der Waals surface area (Å²) >= 11 is 1.53. The molecule has 0 aliphatic carbocycles. The standard InChI is InChI=1S/C2H3IN2O2/c3-5-2(7)1(4)6/h(H2,4,6)(H,5,7). The van der Waals surface area contributed by atoms with E-state index in [1.165, 1.54) is 22.9 Å². The van der Waals surface area contributed by atoms with Gasteiger partial charge in [-0.15, -0.1) is 0 Å². The van der Waals surface area contributed by atoms with Crippen LogP contribution in [0, 0.1) is 0 Å². The number of nitrogens with two attached hydrogens (primary N) is 1. The molecule has 0 bridgehead atoms. The van der Waals surface area contributed by atoms with Gasteiger partial charge in [-0.2, -0.15) is 0 Å². The predicted octanol–water partition coefficient (Wildman–Crippen LogP) is -1.06. The highest BCUT2D eigenvalue weighted by molar-refractivity contribution is 14.1. The number of carbonyl (C=O) groups excluding carboxylic acids is 2. The van der Waals surface area contributed by atoms with Crippen molar-refractivity contribution in [2.24, 2.45) is 5.73 Å². The summed E-state index contributed by atoms with van der Waals surface area (Å²) in [5.74, 6) is -1.74. The second-order valence-corrected chi connectivity index (χ2v) is 1.33. The van der Waals surface area contributed by atoms with Crippen molar-refractivity contribution < 1.29 is 9.59 Å². The highest BCUT2D eigenvalue weighted by atomic mass is 127. The first-order valence-electron chi connectivity index (χ1n) is 1.39. The summed E-state index contributed by atoms with van der Waals surface area (Å²) in [6.07, 6.45) is 0. The first-order chi connectivity index (χ1) is 3.18. The van der Waals surface area contributed by atoms with E-state index < -0.39 is 11.8 Å². The van der Waals surface area contributed by atoms with Crippen molar-refractivity contribution in [3.05, 3.63) is 0 Å². The summed E-state index contributed by atoms with van der Waals surface area (Å²) in [6, 6.07) is 0. The van der Waals surface area contributed by atoms with E-state index in [2.05, 4.69) is 5.73 Å². The minimum Gasteiger partial charge on any atom is -0.361 e. The molecule has 5 heteroatoms. The Balaban J connectivity index is 3.58. The van der Waals surface area contributed by atoms with Crippen LogP contribution >= 0.6 is 22.9 Å². The van der Waals surface area contributed by atoms with Gasteiger partial charge in [0.05, 0.1) is 22.9 Å². The number of rotatable bonds is 0. The van der Waals surface area contributed by atoms with E-state index in [0.29, 0.717) is 0 Å². The van der Waals surface area contributed by atoms with E-state index >= 15 is 0 Å². The summed E-state index contributed by atoms with van der Waals surface area (Å²) in [4.78, 5) is 19.7. The van der Waals surface area contributed by atoms with Crippen molar-refractivity contribution >= 4 is 34.7 Å². The molecule has 0 radical (unpaired) electrons. The van der Waals surface area contributed by atoms with Crippen molar-refractivity contribution in [3.63, 3.8) is 0 Å². The van der Waals surface area contributed by atoms with E-state index in [1.54, 1.807) is 0 Å². The Morgan fingerprint density at radius 3 is 2.00 bits per heavy atom. The zero-order chi connectivity index (χ0) is 5.86. The lowest BCUT2D eigenvalue weighted by Crippen LogP contribution is -2.30. The molecule has 0 rings (SSSR count). The molecule has 0 aromatic carbocycles. The normalized spacial score (nSPS) is 7.57. The molecule has 0 aromatic rings. The van der Waals surface area contributed by atoms with Crippen LogP contribution in [0.5, 0.6) is 0 Å². The molecule has 4 nitrogen and oxygen atoms in total. The third-order valence-electron chi connectivity index (χ3n) is 0.310. The van der Waals surface area contributed by atoms with Crippen LogP contribution in [-0.4, -0.2) is 11.8 Å². The maximum absolute atomic E-state index is 9.92. The van der Waals surface area contributed by atoms with Gasteiger partial charge < -0.3 is 5.73 Å². The Kier molecular flexibility index (Phi) is 2.65. The fourth-order valence-corrected chi connectivity index (χ4v) is 0.312. The Morgan fingerprint density at radius 1 is 1.57 bits per heavy atom. The van der Waals surface area contributed by atoms with Crippen molar-refractivity contribution in [2.75, 3.05) is 0 Å². The van der Waals surface area contributed by atoms with Gasteiger partial charge in [0.25, 0.3) is 0 Å². The van der Waals surface area contributed by atoms with Crippen LogP contribution in [0.1, 0.15) is 0 Å². The summed E-state index contributed by atoms with van der Waals surface area (Å²) in [7, 11) is 0. The average Bonchev–Trinajstić information content (AvgIpc) is 1.65. The second-order valence-electron chi connectivity index (χ2n) is 0.788. The number of hydrogen-bond acceptors (Lipinski definition) is 2. The maximum Gasteiger partial charge on any atom is 0.317 e. The molecule has 40 valence electrons. The summed E-state index contributed by atoms with van der Waals surface area (Å²) in [5, 5.41) is 0. The molecule has 0 aliphatic heterocycles. The predicted molar refractivity (Wildman–Crippen MR) is 31.4 cm³/mol. The van der Waals surface area contributed by atoms with Gasteiger partial charge in [-0.05, 0) is 0 Å². The van der Waals surface area contributed by atoms with Gasteiger partial charge in [-0.1, -0.05) is 0 Å². The van der Waals surface area contributed by atoms with Crippen LogP contribution in [0.15, 0.2) is 0 Å². The highest BCUT2D eigenvalue weighted by Crippen LogP contribution is 1.67. The molecular weight excluding hydrogens is 211 g/mol. The van der Waals surface area contributed by atoms with Crippen LogP contribution in [0.2, 0.25) is 0 Å². The zero-order valence-electron chi connectivity index (χ0n) is 3.27. The van der Waals surface area contributed by atoms with Gasteiger partial charge in [0.1, 0.15) is 0 Å². The fraction of sp³-hybridized carbons (Fsp3) is 0. The molecule has 0 aliphatic rings. The minimum atomic E-state index is -0.964. The molecule has 0 aromatic heterocycles. The monoisotopic (exact) mass is 214 g/mol. The van der Waals surface area contributed by atoms with Crippen LogP contribution in [0.4, 0.5) is 0 Å². The number of carbonyl (C=O) groups is 2. The average molecular weight is 214 g/mol. The first kappa shape index (κ1) is 6.67. The maximum atomic E-state index is 9.92. The lowest BCUT2D eigenvalue weighted by Gasteiger charge is -1.84. The number of halogens is 1. The fourth-order valence-electron chi connectivity index (χ4n) is 0.0466. The summed E-state index contributed by atoms with van der Waals surface area (Å²) < 4.78 is 2.02. The van der Waals surface area contributed by atoms with E-state index in [1.807, 2.05) is 3.53 Å². The molecular formula is C2H3IN2O2. The molecule has 0 spiro atoms. The molecule has 0 unspecified atom stereocenters.